The van der Waals surface area contributed by atoms with Gasteiger partial charge in [0.1, 0.15) is 11.5 Å². The van der Waals surface area contributed by atoms with Crippen LogP contribution in [-0.2, 0) is 24.2 Å². The Hall–Kier alpha value is -3.69. The molecule has 0 fully saturated rings. The van der Waals surface area contributed by atoms with Crippen LogP contribution in [0.25, 0.3) is 0 Å². The fraction of sp³-hybridized carbons (Fsp3) is 0.308. The van der Waals surface area contributed by atoms with Crippen molar-refractivity contribution in [2.75, 3.05) is 0 Å². The van der Waals surface area contributed by atoms with E-state index >= 15 is 0 Å². The molecule has 10 heteroatoms. The van der Waals surface area contributed by atoms with Gasteiger partial charge in [0.2, 0.25) is 5.91 Å². The molecule has 0 saturated heterocycles. The molecule has 0 bridgehead atoms. The molecule has 36 heavy (non-hydrogen) atoms. The van der Waals surface area contributed by atoms with Crippen molar-refractivity contribution in [2.24, 2.45) is 0 Å². The molecular weight excluding hydrogens is 484 g/mol. The van der Waals surface area contributed by atoms with Gasteiger partial charge in [-0.1, -0.05) is 67.4 Å². The number of aromatic nitrogens is 2. The smallest absolute Gasteiger partial charge is 0.335 e. The Kier molecular flexibility index (Phi) is 9.61. The molecule has 0 spiro atoms. The number of aromatic carboxylic acids is 1. The Labute approximate surface area is 214 Å². The number of amides is 2. The minimum absolute atomic E-state index is 0.0260. The van der Waals surface area contributed by atoms with Crippen molar-refractivity contribution in [1.29, 1.82) is 0 Å². The van der Waals surface area contributed by atoms with E-state index in [1.807, 2.05) is 37.3 Å². The summed E-state index contributed by atoms with van der Waals surface area (Å²) in [5.41, 5.74) is 3.46. The SMILES string of the molecule is CCCCc1nc(Cl)c(C(=O)N[C@@H](CC(=O)NO)Cc2ccccc2)n1Cc1cccc(C(=O)O)c1. The minimum atomic E-state index is -1.05. The van der Waals surface area contributed by atoms with Gasteiger partial charge in [-0.3, -0.25) is 14.8 Å². The first-order valence-corrected chi connectivity index (χ1v) is 12.0. The number of nitrogens with zero attached hydrogens (tertiary/aromatic N) is 2. The van der Waals surface area contributed by atoms with Gasteiger partial charge in [-0.2, -0.15) is 0 Å². The number of carboxylic acids is 1. The molecule has 0 unspecified atom stereocenters. The van der Waals surface area contributed by atoms with Crippen LogP contribution in [0.4, 0.5) is 0 Å². The first-order chi connectivity index (χ1) is 17.3. The van der Waals surface area contributed by atoms with E-state index in [1.54, 1.807) is 28.2 Å². The standard InChI is InChI=1S/C26H29ClN4O5/c1-2-3-12-21-29-24(27)23(31(21)16-18-10-7-11-19(13-18)26(34)35)25(33)28-20(15-22(32)30-36)14-17-8-5-4-6-9-17/h4-11,13,20,36H,2-3,12,14-16H2,1H3,(H,28,33)(H,30,32)(H,34,35)/t20-/m1/s1. The second kappa shape index (κ2) is 12.9. The molecule has 1 heterocycles. The van der Waals surface area contributed by atoms with Crippen molar-refractivity contribution in [2.45, 2.75) is 51.6 Å². The van der Waals surface area contributed by atoms with Crippen LogP contribution in [-0.4, -0.2) is 43.7 Å². The van der Waals surface area contributed by atoms with E-state index in [-0.39, 0.29) is 29.4 Å². The summed E-state index contributed by atoms with van der Waals surface area (Å²) in [6, 6.07) is 15.2. The maximum Gasteiger partial charge on any atom is 0.335 e. The third-order valence-electron chi connectivity index (χ3n) is 5.70. The third kappa shape index (κ3) is 7.16. The molecule has 0 aliphatic rings. The zero-order chi connectivity index (χ0) is 26.1. The quantitative estimate of drug-likeness (QED) is 0.215. The average molecular weight is 513 g/mol. The number of hydrogen-bond donors (Lipinski definition) is 4. The topological polar surface area (TPSA) is 134 Å². The van der Waals surface area contributed by atoms with Gasteiger partial charge in [0.05, 0.1) is 5.56 Å². The summed E-state index contributed by atoms with van der Waals surface area (Å²) in [6.45, 7) is 2.24. The highest BCUT2D eigenvalue weighted by Gasteiger charge is 2.25. The normalized spacial score (nSPS) is 11.6. The molecular formula is C26H29ClN4O5. The monoisotopic (exact) mass is 512 g/mol. The number of hydroxylamine groups is 1. The molecule has 2 aromatic carbocycles. The Bertz CT molecular complexity index is 1210. The van der Waals surface area contributed by atoms with Crippen LogP contribution in [0.2, 0.25) is 5.15 Å². The number of halogens is 1. The number of rotatable bonds is 12. The molecule has 0 aliphatic carbocycles. The summed E-state index contributed by atoms with van der Waals surface area (Å²) in [5.74, 6) is -1.59. The predicted molar refractivity (Wildman–Crippen MR) is 134 cm³/mol. The molecule has 3 rings (SSSR count). The molecule has 1 aromatic heterocycles. The van der Waals surface area contributed by atoms with Crippen molar-refractivity contribution in [3.63, 3.8) is 0 Å². The van der Waals surface area contributed by atoms with E-state index in [0.717, 1.165) is 18.4 Å². The van der Waals surface area contributed by atoms with Gasteiger partial charge < -0.3 is 15.0 Å². The van der Waals surface area contributed by atoms with E-state index in [9.17, 15) is 19.5 Å². The minimum Gasteiger partial charge on any atom is -0.478 e. The second-order valence-electron chi connectivity index (χ2n) is 8.46. The number of benzene rings is 2. The lowest BCUT2D eigenvalue weighted by Crippen LogP contribution is -2.41. The highest BCUT2D eigenvalue weighted by Crippen LogP contribution is 2.22. The molecule has 0 aliphatic heterocycles. The molecule has 190 valence electrons. The molecule has 0 radical (unpaired) electrons. The maximum atomic E-state index is 13.5. The fourth-order valence-electron chi connectivity index (χ4n) is 3.96. The highest BCUT2D eigenvalue weighted by molar-refractivity contribution is 6.32. The van der Waals surface area contributed by atoms with E-state index in [2.05, 4.69) is 10.3 Å². The summed E-state index contributed by atoms with van der Waals surface area (Å²) in [6.07, 6.45) is 2.54. The van der Waals surface area contributed by atoms with Gasteiger partial charge in [-0.15, -0.1) is 0 Å². The second-order valence-corrected chi connectivity index (χ2v) is 8.82. The third-order valence-corrected chi connectivity index (χ3v) is 5.97. The molecule has 2 amide bonds. The first-order valence-electron chi connectivity index (χ1n) is 11.7. The fourth-order valence-corrected chi connectivity index (χ4v) is 4.25. The highest BCUT2D eigenvalue weighted by atomic mass is 35.5. The molecule has 9 nitrogen and oxygen atoms in total. The number of hydrogen-bond acceptors (Lipinski definition) is 5. The van der Waals surface area contributed by atoms with Gasteiger partial charge in [0, 0.05) is 25.4 Å². The maximum absolute atomic E-state index is 13.5. The van der Waals surface area contributed by atoms with Gasteiger partial charge in [0.25, 0.3) is 5.91 Å². The number of imidazole rings is 1. The number of carbonyl (C=O) groups excluding carboxylic acids is 2. The van der Waals surface area contributed by atoms with Crippen LogP contribution < -0.4 is 10.8 Å². The van der Waals surface area contributed by atoms with Gasteiger partial charge >= 0.3 is 5.97 Å². The van der Waals surface area contributed by atoms with Crippen molar-refractivity contribution < 1.29 is 24.7 Å². The largest absolute Gasteiger partial charge is 0.478 e. The zero-order valence-electron chi connectivity index (χ0n) is 19.9. The lowest BCUT2D eigenvalue weighted by molar-refractivity contribution is -0.129. The summed E-state index contributed by atoms with van der Waals surface area (Å²) in [5, 5.41) is 21.3. The van der Waals surface area contributed by atoms with E-state index in [4.69, 9.17) is 16.8 Å². The van der Waals surface area contributed by atoms with Crippen LogP contribution in [0.1, 0.15) is 64.0 Å². The number of nitrogens with one attached hydrogen (secondary N) is 2. The molecule has 1 atom stereocenters. The van der Waals surface area contributed by atoms with E-state index < -0.39 is 23.8 Å². The number of aryl methyl sites for hydroxylation is 1. The molecule has 3 aromatic rings. The van der Waals surface area contributed by atoms with Crippen LogP contribution >= 0.6 is 11.6 Å². The molecule has 4 N–H and O–H groups in total. The number of unbranched alkanes of at least 4 members (excludes halogenated alkanes) is 1. The number of carbonyl (C=O) groups is 3. The summed E-state index contributed by atoms with van der Waals surface area (Å²) >= 11 is 6.44. The van der Waals surface area contributed by atoms with Crippen LogP contribution in [0.3, 0.4) is 0 Å². The van der Waals surface area contributed by atoms with Crippen molar-refractivity contribution >= 4 is 29.4 Å². The first kappa shape index (κ1) is 26.9. The van der Waals surface area contributed by atoms with Crippen molar-refractivity contribution in [3.8, 4) is 0 Å². The Morgan fingerprint density at radius 3 is 2.47 bits per heavy atom. The zero-order valence-corrected chi connectivity index (χ0v) is 20.7. The lowest BCUT2D eigenvalue weighted by Gasteiger charge is -2.19. The van der Waals surface area contributed by atoms with Gasteiger partial charge in [-0.05, 0) is 36.1 Å². The van der Waals surface area contributed by atoms with Gasteiger partial charge in [0.15, 0.2) is 5.15 Å². The summed E-state index contributed by atoms with van der Waals surface area (Å²) in [7, 11) is 0. The van der Waals surface area contributed by atoms with Crippen molar-refractivity contribution in [1.82, 2.24) is 20.3 Å². The van der Waals surface area contributed by atoms with Crippen LogP contribution in [0.5, 0.6) is 0 Å². The summed E-state index contributed by atoms with van der Waals surface area (Å²) in [4.78, 5) is 41.2. The Morgan fingerprint density at radius 2 is 1.81 bits per heavy atom. The summed E-state index contributed by atoms with van der Waals surface area (Å²) < 4.78 is 1.69. The molecule has 0 saturated carbocycles. The van der Waals surface area contributed by atoms with Crippen molar-refractivity contribution in [3.05, 3.63) is 88.0 Å². The Morgan fingerprint density at radius 1 is 1.08 bits per heavy atom. The van der Waals surface area contributed by atoms with Crippen LogP contribution in [0, 0.1) is 0 Å². The average Bonchev–Trinajstić information content (AvgIpc) is 3.17. The van der Waals surface area contributed by atoms with E-state index in [0.29, 0.717) is 24.2 Å². The predicted octanol–water partition coefficient (Wildman–Crippen LogP) is 3.86. The van der Waals surface area contributed by atoms with Crippen LogP contribution in [0.15, 0.2) is 54.6 Å². The van der Waals surface area contributed by atoms with E-state index in [1.165, 1.54) is 6.07 Å². The van der Waals surface area contributed by atoms with Gasteiger partial charge in [-0.25, -0.2) is 15.3 Å². The Balaban J connectivity index is 1.93. The lowest BCUT2D eigenvalue weighted by atomic mass is 10.0. The number of carboxylic acid groups (broad SMARTS) is 1.